The first kappa shape index (κ1) is 20.4. The van der Waals surface area contributed by atoms with Crippen molar-refractivity contribution in [3.63, 3.8) is 0 Å². The van der Waals surface area contributed by atoms with Crippen LogP contribution < -0.4 is 5.56 Å². The van der Waals surface area contributed by atoms with E-state index in [0.717, 1.165) is 16.8 Å². The lowest BCUT2D eigenvalue weighted by Crippen LogP contribution is -2.17. The van der Waals surface area contributed by atoms with Crippen molar-refractivity contribution in [3.8, 4) is 16.9 Å². The molecule has 162 valence electrons. The number of ether oxygens (including phenoxy) is 1. The summed E-state index contributed by atoms with van der Waals surface area (Å²) in [5, 5.41) is 4.64. The zero-order valence-electron chi connectivity index (χ0n) is 17.9. The van der Waals surface area contributed by atoms with Crippen LogP contribution in [0.1, 0.15) is 21.7 Å². The Morgan fingerprint density at radius 2 is 1.67 bits per heavy atom. The van der Waals surface area contributed by atoms with Crippen molar-refractivity contribution in [1.82, 2.24) is 19.2 Å². The Balaban J connectivity index is 1.46. The Bertz CT molecular complexity index is 1510. The Morgan fingerprint density at radius 1 is 0.939 bits per heavy atom. The highest BCUT2D eigenvalue weighted by Crippen LogP contribution is 2.22. The quantitative estimate of drug-likeness (QED) is 0.386. The van der Waals surface area contributed by atoms with E-state index in [2.05, 4.69) is 10.1 Å². The number of aromatic nitrogens is 4. The van der Waals surface area contributed by atoms with Crippen LogP contribution >= 0.6 is 0 Å². The molecule has 3 aromatic heterocycles. The minimum absolute atomic E-state index is 0.126. The number of pyridine rings is 1. The fourth-order valence-electron chi connectivity index (χ4n) is 3.59. The van der Waals surface area contributed by atoms with Gasteiger partial charge in [0.1, 0.15) is 12.3 Å². The Labute approximate surface area is 189 Å². The summed E-state index contributed by atoms with van der Waals surface area (Å²) in [5.74, 6) is -0.556. The number of para-hydroxylation sites is 1. The van der Waals surface area contributed by atoms with Gasteiger partial charge in [0.2, 0.25) is 0 Å². The first-order valence-corrected chi connectivity index (χ1v) is 10.5. The van der Waals surface area contributed by atoms with E-state index in [1.165, 1.54) is 10.5 Å². The van der Waals surface area contributed by atoms with Crippen LogP contribution in [0.15, 0.2) is 95.9 Å². The molecule has 0 aliphatic rings. The number of nitrogens with zero attached hydrogens (tertiary/aromatic N) is 4. The fraction of sp³-hybridized carbons (Fsp3) is 0.0769. The second kappa shape index (κ2) is 8.55. The van der Waals surface area contributed by atoms with E-state index in [1.807, 2.05) is 73.7 Å². The lowest BCUT2D eigenvalue weighted by Gasteiger charge is -2.08. The summed E-state index contributed by atoms with van der Waals surface area (Å²) < 4.78 is 8.58. The molecule has 33 heavy (non-hydrogen) atoms. The number of fused-ring (bicyclic) bond motifs is 1. The average Bonchev–Trinajstić information content (AvgIpc) is 3.30. The van der Waals surface area contributed by atoms with Crippen LogP contribution in [0.2, 0.25) is 0 Å². The Hall–Kier alpha value is -4.52. The van der Waals surface area contributed by atoms with Gasteiger partial charge in [-0.25, -0.2) is 14.5 Å². The monoisotopic (exact) mass is 436 g/mol. The number of carbonyl (C=O) groups excluding carboxylic acids is 1. The number of carbonyl (C=O) groups is 1. The molecule has 7 nitrogen and oxygen atoms in total. The van der Waals surface area contributed by atoms with Gasteiger partial charge in [-0.05, 0) is 36.8 Å². The molecule has 0 N–H and O–H groups in total. The number of hydrogen-bond donors (Lipinski definition) is 0. The van der Waals surface area contributed by atoms with E-state index < -0.39 is 5.97 Å². The number of hydrogen-bond acceptors (Lipinski definition) is 5. The first-order valence-electron chi connectivity index (χ1n) is 10.5. The third kappa shape index (κ3) is 4.16. The van der Waals surface area contributed by atoms with Crippen LogP contribution in [0.25, 0.3) is 22.6 Å². The van der Waals surface area contributed by atoms with Gasteiger partial charge in [0.05, 0.1) is 17.1 Å². The summed E-state index contributed by atoms with van der Waals surface area (Å²) in [6.07, 6.45) is 1.73. The summed E-state index contributed by atoms with van der Waals surface area (Å²) in [6, 6.07) is 25.7. The summed E-state index contributed by atoms with van der Waals surface area (Å²) in [6.45, 7) is 1.78. The van der Waals surface area contributed by atoms with Gasteiger partial charge < -0.3 is 4.74 Å². The van der Waals surface area contributed by atoms with Crippen LogP contribution in [-0.2, 0) is 11.3 Å². The van der Waals surface area contributed by atoms with E-state index in [9.17, 15) is 9.59 Å². The molecule has 5 aromatic rings. The zero-order valence-corrected chi connectivity index (χ0v) is 17.9. The molecule has 7 heteroatoms. The minimum atomic E-state index is -0.556. The van der Waals surface area contributed by atoms with Crippen molar-refractivity contribution in [2.24, 2.45) is 0 Å². The van der Waals surface area contributed by atoms with Gasteiger partial charge in [0.15, 0.2) is 5.69 Å². The van der Waals surface area contributed by atoms with Crippen LogP contribution in [0, 0.1) is 6.92 Å². The largest absolute Gasteiger partial charge is 0.454 e. The fourth-order valence-corrected chi connectivity index (χ4v) is 3.59. The van der Waals surface area contributed by atoms with Gasteiger partial charge in [-0.1, -0.05) is 54.6 Å². The molecule has 0 fully saturated rings. The second-order valence-electron chi connectivity index (χ2n) is 7.62. The average molecular weight is 436 g/mol. The maximum atomic E-state index is 13.1. The summed E-state index contributed by atoms with van der Waals surface area (Å²) in [4.78, 5) is 29.9. The van der Waals surface area contributed by atoms with E-state index in [0.29, 0.717) is 17.0 Å². The van der Waals surface area contributed by atoms with Crippen molar-refractivity contribution in [2.75, 3.05) is 0 Å². The highest BCUT2D eigenvalue weighted by atomic mass is 16.5. The normalized spacial score (nSPS) is 10.9. The number of aryl methyl sites for hydroxylation is 1. The van der Waals surface area contributed by atoms with Gasteiger partial charge in [0, 0.05) is 17.8 Å². The standard InChI is InChI=1S/C26H20N4O3/c1-18-12-13-24-27-20(14-25(31)29(24)16-18)17-33-26(32)23-15-22(19-8-4-2-5-9-19)28-30(23)21-10-6-3-7-11-21/h2-16H,17H2,1H3. The van der Waals surface area contributed by atoms with Crippen LogP contribution in [0.5, 0.6) is 0 Å². The first-order chi connectivity index (χ1) is 16.1. The van der Waals surface area contributed by atoms with Crippen molar-refractivity contribution in [3.05, 3.63) is 118 Å². The molecule has 5 rings (SSSR count). The van der Waals surface area contributed by atoms with Gasteiger partial charge >= 0.3 is 5.97 Å². The lowest BCUT2D eigenvalue weighted by atomic mass is 10.1. The molecule has 0 atom stereocenters. The maximum absolute atomic E-state index is 13.1. The molecule has 0 unspecified atom stereocenters. The third-order valence-electron chi connectivity index (χ3n) is 5.20. The Morgan fingerprint density at radius 3 is 2.42 bits per heavy atom. The molecule has 0 saturated heterocycles. The van der Waals surface area contributed by atoms with Gasteiger partial charge in [0.25, 0.3) is 5.56 Å². The number of esters is 1. The van der Waals surface area contributed by atoms with Gasteiger partial charge in [-0.3, -0.25) is 9.20 Å². The van der Waals surface area contributed by atoms with Crippen LogP contribution in [0.3, 0.4) is 0 Å². The van der Waals surface area contributed by atoms with E-state index in [1.54, 1.807) is 23.0 Å². The molecular weight excluding hydrogens is 416 g/mol. The molecule has 2 aromatic carbocycles. The van der Waals surface area contributed by atoms with Crippen LogP contribution in [-0.4, -0.2) is 25.1 Å². The number of benzene rings is 2. The van der Waals surface area contributed by atoms with Crippen molar-refractivity contribution >= 4 is 11.6 Å². The van der Waals surface area contributed by atoms with E-state index in [4.69, 9.17) is 4.74 Å². The predicted molar refractivity (Wildman–Crippen MR) is 124 cm³/mol. The molecule has 0 spiro atoms. The highest BCUT2D eigenvalue weighted by molar-refractivity contribution is 5.89. The van der Waals surface area contributed by atoms with Crippen molar-refractivity contribution < 1.29 is 9.53 Å². The predicted octanol–water partition coefficient (Wildman–Crippen LogP) is 4.21. The molecule has 0 saturated carbocycles. The Kier molecular flexibility index (Phi) is 5.28. The zero-order chi connectivity index (χ0) is 22.8. The number of rotatable bonds is 5. The SMILES string of the molecule is Cc1ccc2nc(COC(=O)c3cc(-c4ccccc4)nn3-c3ccccc3)cc(=O)n2c1. The molecule has 0 aliphatic heterocycles. The molecule has 0 radical (unpaired) electrons. The van der Waals surface area contributed by atoms with Gasteiger partial charge in [-0.15, -0.1) is 0 Å². The summed E-state index contributed by atoms with van der Waals surface area (Å²) in [5.41, 5.74) is 4.18. The second-order valence-corrected chi connectivity index (χ2v) is 7.62. The lowest BCUT2D eigenvalue weighted by molar-refractivity contribution is 0.0457. The third-order valence-corrected chi connectivity index (χ3v) is 5.20. The maximum Gasteiger partial charge on any atom is 0.357 e. The highest BCUT2D eigenvalue weighted by Gasteiger charge is 2.19. The molecular formula is C26H20N4O3. The minimum Gasteiger partial charge on any atom is -0.454 e. The van der Waals surface area contributed by atoms with Gasteiger partial charge in [-0.2, -0.15) is 5.10 Å². The van der Waals surface area contributed by atoms with Crippen LogP contribution in [0.4, 0.5) is 0 Å². The smallest absolute Gasteiger partial charge is 0.357 e. The molecule has 0 bridgehead atoms. The summed E-state index contributed by atoms with van der Waals surface area (Å²) >= 11 is 0. The summed E-state index contributed by atoms with van der Waals surface area (Å²) in [7, 11) is 0. The molecule has 0 aliphatic carbocycles. The van der Waals surface area contributed by atoms with E-state index >= 15 is 0 Å². The van der Waals surface area contributed by atoms with Crippen molar-refractivity contribution in [2.45, 2.75) is 13.5 Å². The van der Waals surface area contributed by atoms with Crippen molar-refractivity contribution in [1.29, 1.82) is 0 Å². The topological polar surface area (TPSA) is 78.5 Å². The molecule has 3 heterocycles. The van der Waals surface area contributed by atoms with E-state index in [-0.39, 0.29) is 17.9 Å². The molecule has 0 amide bonds.